The molecular weight excluding hydrogens is 238 g/mol. The van der Waals surface area contributed by atoms with E-state index in [2.05, 4.69) is 22.3 Å². The number of nitriles is 2. The Kier molecular flexibility index (Phi) is 4.05. The molecule has 0 saturated carbocycles. The van der Waals surface area contributed by atoms with E-state index in [1.165, 1.54) is 6.20 Å². The topological polar surface area (TPSA) is 76.6 Å². The molecule has 0 aliphatic rings. The zero-order valence-corrected chi connectivity index (χ0v) is 10.2. The Morgan fingerprint density at radius 3 is 2.58 bits per heavy atom. The van der Waals surface area contributed by atoms with Crippen molar-refractivity contribution in [1.29, 1.82) is 10.5 Å². The number of nitrogens with zero attached hydrogens (tertiary/aromatic N) is 5. The molecule has 0 bridgehead atoms. The monoisotopic (exact) mass is 249 g/mol. The van der Waals surface area contributed by atoms with Crippen molar-refractivity contribution in [3.8, 4) is 12.1 Å². The third-order valence-corrected chi connectivity index (χ3v) is 2.59. The standard InChI is InChI=1S/C14H11N5/c15-8-4-10-19(13-5-2-1-3-6-13)14-12(11-16)7-9-17-18-14/h1-3,5-7,9H,4,10H2. The van der Waals surface area contributed by atoms with Crippen molar-refractivity contribution in [2.75, 3.05) is 11.4 Å². The van der Waals surface area contributed by atoms with Crippen molar-refractivity contribution in [2.24, 2.45) is 0 Å². The zero-order chi connectivity index (χ0) is 13.5. The van der Waals surface area contributed by atoms with Crippen LogP contribution < -0.4 is 4.90 Å². The summed E-state index contributed by atoms with van der Waals surface area (Å²) in [5, 5.41) is 25.7. The van der Waals surface area contributed by atoms with E-state index >= 15 is 0 Å². The van der Waals surface area contributed by atoms with Gasteiger partial charge >= 0.3 is 0 Å². The summed E-state index contributed by atoms with van der Waals surface area (Å²) < 4.78 is 0. The zero-order valence-electron chi connectivity index (χ0n) is 10.2. The molecule has 5 nitrogen and oxygen atoms in total. The molecule has 92 valence electrons. The van der Waals surface area contributed by atoms with Gasteiger partial charge < -0.3 is 4.90 Å². The largest absolute Gasteiger partial charge is 0.323 e. The van der Waals surface area contributed by atoms with E-state index in [9.17, 15) is 0 Å². The molecule has 0 aliphatic carbocycles. The first-order valence-electron chi connectivity index (χ1n) is 5.78. The molecule has 5 heteroatoms. The number of aromatic nitrogens is 2. The third kappa shape index (κ3) is 2.85. The third-order valence-electron chi connectivity index (χ3n) is 2.59. The molecule has 0 radical (unpaired) electrons. The molecule has 19 heavy (non-hydrogen) atoms. The number of benzene rings is 1. The van der Waals surface area contributed by atoms with Gasteiger partial charge in [0.1, 0.15) is 6.07 Å². The highest BCUT2D eigenvalue weighted by Gasteiger charge is 2.14. The molecule has 2 aromatic rings. The minimum absolute atomic E-state index is 0.344. The fourth-order valence-electron chi connectivity index (χ4n) is 1.74. The summed E-state index contributed by atoms with van der Waals surface area (Å²) in [5.41, 5.74) is 1.33. The van der Waals surface area contributed by atoms with Crippen LogP contribution in [0.25, 0.3) is 0 Å². The van der Waals surface area contributed by atoms with Crippen LogP contribution in [-0.2, 0) is 0 Å². The molecule has 0 spiro atoms. The van der Waals surface area contributed by atoms with Crippen LogP contribution >= 0.6 is 0 Å². The Morgan fingerprint density at radius 1 is 1.11 bits per heavy atom. The summed E-state index contributed by atoms with van der Waals surface area (Å²) in [5.74, 6) is 0.478. The Labute approximate surface area is 111 Å². The van der Waals surface area contributed by atoms with E-state index in [-0.39, 0.29) is 0 Å². The summed E-state index contributed by atoms with van der Waals surface area (Å²) in [4.78, 5) is 1.83. The van der Waals surface area contributed by atoms with Gasteiger partial charge in [0.05, 0.1) is 24.3 Å². The van der Waals surface area contributed by atoms with Crippen molar-refractivity contribution in [3.63, 3.8) is 0 Å². The number of para-hydroxylation sites is 1. The van der Waals surface area contributed by atoms with Crippen molar-refractivity contribution in [3.05, 3.63) is 48.2 Å². The molecule has 0 fully saturated rings. The number of hydrogen-bond acceptors (Lipinski definition) is 5. The summed E-state index contributed by atoms with van der Waals surface area (Å²) >= 11 is 0. The SMILES string of the molecule is N#CCCN(c1ccccc1)c1nnccc1C#N. The lowest BCUT2D eigenvalue weighted by atomic mass is 10.2. The normalized spacial score (nSPS) is 9.37. The van der Waals surface area contributed by atoms with Crippen LogP contribution in [0.3, 0.4) is 0 Å². The Morgan fingerprint density at radius 2 is 1.89 bits per heavy atom. The summed E-state index contributed by atoms with van der Waals surface area (Å²) in [7, 11) is 0. The van der Waals surface area contributed by atoms with E-state index in [4.69, 9.17) is 10.5 Å². The van der Waals surface area contributed by atoms with Crippen LogP contribution in [-0.4, -0.2) is 16.7 Å². The Hall–Kier alpha value is -2.92. The first kappa shape index (κ1) is 12.5. The fraction of sp³-hybridized carbons (Fsp3) is 0.143. The average molecular weight is 249 g/mol. The minimum atomic E-state index is 0.344. The molecule has 1 aromatic carbocycles. The van der Waals surface area contributed by atoms with Gasteiger partial charge in [-0.3, -0.25) is 0 Å². The predicted molar refractivity (Wildman–Crippen MR) is 70.4 cm³/mol. The number of rotatable bonds is 4. The molecular formula is C14H11N5. The highest BCUT2D eigenvalue weighted by atomic mass is 15.3. The molecule has 0 unspecified atom stereocenters. The molecule has 0 aliphatic heterocycles. The highest BCUT2D eigenvalue weighted by Crippen LogP contribution is 2.25. The lowest BCUT2D eigenvalue weighted by molar-refractivity contribution is 0.891. The summed E-state index contributed by atoms with van der Waals surface area (Å²) in [6.07, 6.45) is 1.83. The van der Waals surface area contributed by atoms with E-state index in [1.807, 2.05) is 35.2 Å². The van der Waals surface area contributed by atoms with Gasteiger partial charge in [0.2, 0.25) is 0 Å². The molecule has 1 heterocycles. The lowest BCUT2D eigenvalue weighted by Crippen LogP contribution is -2.20. The van der Waals surface area contributed by atoms with E-state index in [0.29, 0.717) is 24.3 Å². The molecule has 0 N–H and O–H groups in total. The van der Waals surface area contributed by atoms with E-state index in [0.717, 1.165) is 5.69 Å². The second-order valence-electron chi connectivity index (χ2n) is 3.78. The van der Waals surface area contributed by atoms with Crippen molar-refractivity contribution in [1.82, 2.24) is 10.2 Å². The maximum Gasteiger partial charge on any atom is 0.173 e. The van der Waals surface area contributed by atoms with Crippen LogP contribution in [0.1, 0.15) is 12.0 Å². The van der Waals surface area contributed by atoms with Gasteiger partial charge in [0, 0.05) is 12.2 Å². The van der Waals surface area contributed by atoms with Gasteiger partial charge in [0.15, 0.2) is 5.82 Å². The highest BCUT2D eigenvalue weighted by molar-refractivity contribution is 5.65. The smallest absolute Gasteiger partial charge is 0.173 e. The predicted octanol–water partition coefficient (Wildman–Crippen LogP) is 2.40. The van der Waals surface area contributed by atoms with Crippen LogP contribution in [0, 0.1) is 22.7 Å². The van der Waals surface area contributed by atoms with Crippen molar-refractivity contribution >= 4 is 11.5 Å². The van der Waals surface area contributed by atoms with Crippen LogP contribution in [0.15, 0.2) is 42.6 Å². The van der Waals surface area contributed by atoms with Crippen molar-refractivity contribution in [2.45, 2.75) is 6.42 Å². The lowest BCUT2D eigenvalue weighted by Gasteiger charge is -2.22. The van der Waals surface area contributed by atoms with Gasteiger partial charge in [-0.2, -0.15) is 15.6 Å². The summed E-state index contributed by atoms with van der Waals surface area (Å²) in [6.45, 7) is 0.466. The Balaban J connectivity index is 2.44. The molecule has 0 saturated heterocycles. The first-order chi connectivity index (χ1) is 9.36. The average Bonchev–Trinajstić information content (AvgIpc) is 2.49. The van der Waals surface area contributed by atoms with E-state index in [1.54, 1.807) is 6.07 Å². The van der Waals surface area contributed by atoms with Gasteiger partial charge in [-0.05, 0) is 18.2 Å². The Bertz CT molecular complexity index is 624. The maximum absolute atomic E-state index is 9.13. The summed E-state index contributed by atoms with van der Waals surface area (Å²) in [6, 6.07) is 15.3. The van der Waals surface area contributed by atoms with Crippen LogP contribution in [0.2, 0.25) is 0 Å². The second-order valence-corrected chi connectivity index (χ2v) is 3.78. The van der Waals surface area contributed by atoms with Gasteiger partial charge in [0.25, 0.3) is 0 Å². The molecule has 2 rings (SSSR count). The van der Waals surface area contributed by atoms with Crippen LogP contribution in [0.5, 0.6) is 0 Å². The molecule has 1 aromatic heterocycles. The van der Waals surface area contributed by atoms with E-state index < -0.39 is 0 Å². The van der Waals surface area contributed by atoms with Gasteiger partial charge in [-0.25, -0.2) is 0 Å². The fourth-order valence-corrected chi connectivity index (χ4v) is 1.74. The minimum Gasteiger partial charge on any atom is -0.323 e. The van der Waals surface area contributed by atoms with Crippen LogP contribution in [0.4, 0.5) is 11.5 Å². The quantitative estimate of drug-likeness (QED) is 0.831. The number of hydrogen-bond donors (Lipinski definition) is 0. The van der Waals surface area contributed by atoms with Gasteiger partial charge in [-0.15, -0.1) is 5.10 Å². The second kappa shape index (κ2) is 6.13. The maximum atomic E-state index is 9.13. The number of anilines is 2. The first-order valence-corrected chi connectivity index (χ1v) is 5.78. The molecule has 0 atom stereocenters. The van der Waals surface area contributed by atoms with Crippen molar-refractivity contribution < 1.29 is 0 Å². The molecule has 0 amide bonds. The van der Waals surface area contributed by atoms with Gasteiger partial charge in [-0.1, -0.05) is 18.2 Å².